The molecule has 12 N–H and O–H groups in total. The minimum atomic E-state index is -2.64. The lowest BCUT2D eigenvalue weighted by Gasteiger charge is -2.50. The Morgan fingerprint density at radius 1 is 0.450 bits per heavy atom. The quantitative estimate of drug-likeness (QED) is 0.0593. The second-order valence-corrected chi connectivity index (χ2v) is 26.0. The number of hydrogen-bond donors (Lipinski definition) is 7. The monoisotopic (exact) mass is 640 g/mol. The number of nitrogens with one attached hydrogen (secondary N) is 2. The lowest BCUT2D eigenvalue weighted by atomic mass is 10.4. The first-order chi connectivity index (χ1) is 19.0. The summed E-state index contributed by atoms with van der Waals surface area (Å²) in [6.45, 7) is 18.0. The maximum atomic E-state index is 7.23. The Balaban J connectivity index is 3.18. The molecule has 0 aromatic carbocycles. The zero-order chi connectivity index (χ0) is 30.0. The van der Waals surface area contributed by atoms with Gasteiger partial charge < -0.3 is 60.7 Å². The summed E-state index contributed by atoms with van der Waals surface area (Å²) >= 11 is 0. The van der Waals surface area contributed by atoms with E-state index in [1.54, 1.807) is 0 Å². The molecule has 1 heterocycles. The second kappa shape index (κ2) is 20.4. The fourth-order valence-corrected chi connectivity index (χ4v) is 28.9. The van der Waals surface area contributed by atoms with E-state index >= 15 is 0 Å². The van der Waals surface area contributed by atoms with Crippen LogP contribution < -0.4 is 39.3 Å². The molecule has 0 aromatic heterocycles. The average Bonchev–Trinajstić information content (AvgIpc) is 2.86. The van der Waals surface area contributed by atoms with Gasteiger partial charge in [-0.3, -0.25) is 0 Å². The molecule has 0 radical (unpaired) electrons. The smallest absolute Gasteiger partial charge is 0.317 e. The molecule has 16 heteroatoms. The molecule has 240 valence electrons. The molecule has 1 rings (SSSR count). The molecule has 4 atom stereocenters. The normalized spacial score (nSPS) is 29.6. The van der Waals surface area contributed by atoms with Crippen LogP contribution in [-0.4, -0.2) is 118 Å². The molecule has 0 bridgehead atoms. The summed E-state index contributed by atoms with van der Waals surface area (Å²) in [5.74, 6) is 0. The van der Waals surface area contributed by atoms with Gasteiger partial charge in [0.2, 0.25) is 0 Å². The zero-order valence-corrected chi connectivity index (χ0v) is 30.1. The van der Waals surface area contributed by atoms with Crippen molar-refractivity contribution in [2.45, 2.75) is 76.0 Å². The molecule has 0 spiro atoms. The highest BCUT2D eigenvalue weighted by atomic mass is 28.5. The molecule has 40 heavy (non-hydrogen) atoms. The van der Waals surface area contributed by atoms with Crippen LogP contribution in [0.25, 0.3) is 0 Å². The van der Waals surface area contributed by atoms with Crippen LogP contribution in [0.3, 0.4) is 0 Å². The van der Waals surface area contributed by atoms with Gasteiger partial charge in [-0.1, -0.05) is 0 Å². The van der Waals surface area contributed by atoms with Crippen LogP contribution in [0, 0.1) is 0 Å². The Bertz CT molecular complexity index is 664. The molecule has 1 fully saturated rings. The van der Waals surface area contributed by atoms with Crippen LogP contribution in [0.5, 0.6) is 0 Å². The molecule has 1 saturated heterocycles. The Morgan fingerprint density at radius 2 is 0.825 bits per heavy atom. The lowest BCUT2D eigenvalue weighted by molar-refractivity contribution is 0.218. The van der Waals surface area contributed by atoms with Gasteiger partial charge in [-0.2, -0.15) is 0 Å². The maximum Gasteiger partial charge on any atom is 0.317 e. The summed E-state index contributed by atoms with van der Waals surface area (Å²) < 4.78 is 28.8. The molecule has 0 aliphatic carbocycles. The fraction of sp³-hybridized carbons (Fsp3) is 1.00. The highest BCUT2D eigenvalue weighted by Gasteiger charge is 2.56. The molecule has 1 aliphatic heterocycles. The highest BCUT2D eigenvalue weighted by Crippen LogP contribution is 2.38. The summed E-state index contributed by atoms with van der Waals surface area (Å²) in [6.07, 6.45) is 3.78. The van der Waals surface area contributed by atoms with Crippen molar-refractivity contribution < 1.29 is 16.5 Å². The predicted octanol–water partition coefficient (Wildman–Crippen LogP) is 0.190. The number of nitrogens with two attached hydrogens (primary N) is 5. The summed E-state index contributed by atoms with van der Waals surface area (Å²) in [5.41, 5.74) is 29.0. The molecular formula is C24H64N8O4Si4. The van der Waals surface area contributed by atoms with E-state index in [0.717, 1.165) is 95.7 Å². The van der Waals surface area contributed by atoms with Crippen molar-refractivity contribution in [1.82, 2.24) is 15.5 Å². The van der Waals surface area contributed by atoms with Gasteiger partial charge in [-0.25, -0.2) is 0 Å². The van der Waals surface area contributed by atoms with Crippen LogP contribution in [-0.2, 0) is 16.5 Å². The molecular weight excluding hydrogens is 577 g/mol. The molecule has 1 aliphatic rings. The average molecular weight is 641 g/mol. The van der Waals surface area contributed by atoms with Crippen molar-refractivity contribution in [3.05, 3.63) is 0 Å². The van der Waals surface area contributed by atoms with E-state index in [1.165, 1.54) is 0 Å². The fourth-order valence-electron chi connectivity index (χ4n) is 5.59. The van der Waals surface area contributed by atoms with Crippen LogP contribution in [0.2, 0.25) is 50.4 Å². The SMILES string of the molecule is C[Si]1(CCCN)O[Si](C)(CCCNCCN)O[Si](C)(CCCNCCN)O[Si](C)(CCCN(CCN)CCN)O1. The number of hydrogen-bond acceptors (Lipinski definition) is 12. The Kier molecular flexibility index (Phi) is 19.6. The van der Waals surface area contributed by atoms with Gasteiger partial charge in [0.25, 0.3) is 0 Å². The van der Waals surface area contributed by atoms with E-state index in [9.17, 15) is 0 Å². The first-order valence-corrected chi connectivity index (χ1v) is 25.5. The molecule has 12 nitrogen and oxygen atoms in total. The molecule has 0 aromatic rings. The van der Waals surface area contributed by atoms with Crippen molar-refractivity contribution in [3.63, 3.8) is 0 Å². The van der Waals surface area contributed by atoms with Crippen LogP contribution in [0.4, 0.5) is 0 Å². The van der Waals surface area contributed by atoms with E-state index < -0.39 is 34.2 Å². The third-order valence-electron chi connectivity index (χ3n) is 7.17. The number of nitrogens with zero attached hydrogens (tertiary/aromatic N) is 1. The van der Waals surface area contributed by atoms with Gasteiger partial charge in [0.15, 0.2) is 0 Å². The van der Waals surface area contributed by atoms with Crippen molar-refractivity contribution in [2.75, 3.05) is 78.5 Å². The van der Waals surface area contributed by atoms with Crippen LogP contribution in [0.1, 0.15) is 25.7 Å². The highest BCUT2D eigenvalue weighted by molar-refractivity contribution is 6.93. The summed E-state index contributed by atoms with van der Waals surface area (Å²) in [7, 11) is -10.5. The van der Waals surface area contributed by atoms with Gasteiger partial charge in [0.05, 0.1) is 0 Å². The largest absolute Gasteiger partial charge is 0.416 e. The summed E-state index contributed by atoms with van der Waals surface area (Å²) in [6, 6.07) is 3.51. The maximum absolute atomic E-state index is 7.23. The van der Waals surface area contributed by atoms with Crippen LogP contribution in [0.15, 0.2) is 0 Å². The summed E-state index contributed by atoms with van der Waals surface area (Å²) in [4.78, 5) is 2.33. The predicted molar refractivity (Wildman–Crippen MR) is 176 cm³/mol. The molecule has 0 saturated carbocycles. The second-order valence-electron chi connectivity index (χ2n) is 11.6. The lowest BCUT2D eigenvalue weighted by Crippen LogP contribution is -2.67. The van der Waals surface area contributed by atoms with E-state index in [0.29, 0.717) is 32.7 Å². The van der Waals surface area contributed by atoms with Crippen molar-refractivity contribution >= 4 is 34.2 Å². The van der Waals surface area contributed by atoms with Gasteiger partial charge in [-0.05, 0) is 102 Å². The number of rotatable bonds is 23. The standard InChI is InChI=1S/C24H64N8O4Si4/c1-37(21-5-9-25)33-38(2,22-6-14-30-16-10-26)35-39(3,23-7-15-31-17-11-27)36-40(4,34-37)24-8-18-32(19-12-28)20-13-29/h30-31H,5-29H2,1-4H3. The van der Waals surface area contributed by atoms with E-state index in [4.69, 9.17) is 45.1 Å². The first-order valence-electron chi connectivity index (χ1n) is 15.5. The van der Waals surface area contributed by atoms with Crippen molar-refractivity contribution in [3.8, 4) is 0 Å². The Hall–Kier alpha value is 0.388. The Morgan fingerprint density at radius 3 is 1.18 bits per heavy atom. The van der Waals surface area contributed by atoms with E-state index in [-0.39, 0.29) is 0 Å². The summed E-state index contributed by atoms with van der Waals surface area (Å²) in [5, 5.41) is 6.83. The zero-order valence-electron chi connectivity index (χ0n) is 26.1. The molecule has 0 amide bonds. The third-order valence-corrected chi connectivity index (χ3v) is 26.0. The third kappa shape index (κ3) is 15.7. The van der Waals surface area contributed by atoms with Gasteiger partial charge in [0, 0.05) is 52.4 Å². The van der Waals surface area contributed by atoms with Crippen molar-refractivity contribution in [2.24, 2.45) is 28.7 Å². The minimum Gasteiger partial charge on any atom is -0.416 e. The minimum absolute atomic E-state index is 0.617. The van der Waals surface area contributed by atoms with E-state index in [1.807, 2.05) is 0 Å². The first kappa shape index (κ1) is 38.4. The Labute approximate surface area is 249 Å². The van der Waals surface area contributed by atoms with Crippen molar-refractivity contribution in [1.29, 1.82) is 0 Å². The van der Waals surface area contributed by atoms with Crippen LogP contribution >= 0.6 is 0 Å². The van der Waals surface area contributed by atoms with Gasteiger partial charge in [0.1, 0.15) is 0 Å². The van der Waals surface area contributed by atoms with Gasteiger partial charge >= 0.3 is 34.2 Å². The molecule has 4 unspecified atom stereocenters. The topological polar surface area (TPSA) is 194 Å². The van der Waals surface area contributed by atoms with Gasteiger partial charge in [-0.15, -0.1) is 0 Å². The van der Waals surface area contributed by atoms with E-state index in [2.05, 4.69) is 41.7 Å².